The Hall–Kier alpha value is -5.22. The summed E-state index contributed by atoms with van der Waals surface area (Å²) in [5, 5.41) is 1.63. The normalized spacial score (nSPS) is 14.4. The van der Waals surface area contributed by atoms with Crippen molar-refractivity contribution in [1.29, 1.82) is 0 Å². The molecule has 57 heavy (non-hydrogen) atoms. The number of fused-ring (bicyclic) bond motifs is 3. The van der Waals surface area contributed by atoms with E-state index in [-0.39, 0.29) is 36.8 Å². The van der Waals surface area contributed by atoms with Gasteiger partial charge in [-0.25, -0.2) is 4.98 Å². The van der Waals surface area contributed by atoms with Gasteiger partial charge in [-0.1, -0.05) is 120 Å². The fourth-order valence-corrected chi connectivity index (χ4v) is 6.57. The molecule has 8 rings (SSSR count). The van der Waals surface area contributed by atoms with E-state index in [1.54, 1.807) is 24.4 Å². The molecule has 0 aliphatic rings. The Morgan fingerprint density at radius 2 is 1.51 bits per heavy atom. The maximum absolute atomic E-state index is 8.41. The summed E-state index contributed by atoms with van der Waals surface area (Å²) in [6.07, 6.45) is 2.95. The third-order valence-corrected chi connectivity index (χ3v) is 9.57. The topological polar surface area (TPSA) is 51.8 Å². The van der Waals surface area contributed by atoms with E-state index in [4.69, 9.17) is 15.4 Å². The summed E-state index contributed by atoms with van der Waals surface area (Å²) < 4.78 is 68.2. The molecule has 8 aromatic rings. The predicted molar refractivity (Wildman–Crippen MR) is 233 cm³/mol. The molecule has 0 unspecified atom stereocenters. The van der Waals surface area contributed by atoms with Crippen molar-refractivity contribution in [2.45, 2.75) is 80.4 Å². The van der Waals surface area contributed by atoms with Crippen LogP contribution in [-0.2, 0) is 38.3 Å². The van der Waals surface area contributed by atoms with Gasteiger partial charge in [0, 0.05) is 54.5 Å². The second-order valence-electron chi connectivity index (χ2n) is 16.2. The van der Waals surface area contributed by atoms with E-state index >= 15 is 0 Å². The molecule has 0 saturated heterocycles. The maximum Gasteiger partial charge on any atom is 0.216 e. The van der Waals surface area contributed by atoms with Crippen molar-refractivity contribution in [3.8, 4) is 33.6 Å². The second-order valence-corrected chi connectivity index (χ2v) is 16.2. The zero-order valence-corrected chi connectivity index (χ0v) is 35.7. The van der Waals surface area contributed by atoms with E-state index < -0.39 is 25.5 Å². The molecule has 0 spiro atoms. The summed E-state index contributed by atoms with van der Waals surface area (Å²) in [4.78, 5) is 13.3. The van der Waals surface area contributed by atoms with E-state index in [1.807, 2.05) is 75.5 Å². The van der Waals surface area contributed by atoms with Crippen molar-refractivity contribution in [3.05, 3.63) is 173 Å². The van der Waals surface area contributed by atoms with E-state index in [9.17, 15) is 0 Å². The predicted octanol–water partition coefficient (Wildman–Crippen LogP) is 13.5. The molecule has 4 heterocycles. The fourth-order valence-electron chi connectivity index (χ4n) is 6.57. The molecule has 0 atom stereocenters. The van der Waals surface area contributed by atoms with Crippen LogP contribution in [0.15, 0.2) is 126 Å². The molecule has 0 fully saturated rings. The summed E-state index contributed by atoms with van der Waals surface area (Å²) in [5.74, 6) is 0. The van der Waals surface area contributed by atoms with Gasteiger partial charge in [0.15, 0.2) is 0 Å². The Labute approximate surface area is 363 Å². The average Bonchev–Trinajstić information content (AvgIpc) is 3.62. The minimum Gasteiger partial charge on any atom is -0.486 e. The number of pyridine rings is 3. The van der Waals surface area contributed by atoms with Crippen LogP contribution in [0.1, 0.15) is 91.6 Å². The molecule has 4 aromatic carbocycles. The van der Waals surface area contributed by atoms with Gasteiger partial charge in [-0.15, -0.1) is 53.6 Å². The van der Waals surface area contributed by atoms with Crippen LogP contribution in [0.25, 0.3) is 55.7 Å². The Kier molecular flexibility index (Phi) is 9.55. The molecule has 0 amide bonds. The second kappa shape index (κ2) is 17.1. The molecule has 0 bridgehead atoms. The van der Waals surface area contributed by atoms with Gasteiger partial charge in [0.2, 0.25) is 5.71 Å². The zero-order valence-electron chi connectivity index (χ0n) is 41.3. The summed E-state index contributed by atoms with van der Waals surface area (Å²) in [5.41, 5.74) is 11.1. The van der Waals surface area contributed by atoms with Crippen LogP contribution in [0.5, 0.6) is 0 Å². The largest absolute Gasteiger partial charge is 0.486 e. The summed E-state index contributed by atoms with van der Waals surface area (Å²) in [7, 11) is 0. The smallest absolute Gasteiger partial charge is 0.216 e. The number of furan rings is 1. The first-order valence-corrected chi connectivity index (χ1v) is 18.8. The Morgan fingerprint density at radius 1 is 0.737 bits per heavy atom. The summed E-state index contributed by atoms with van der Waals surface area (Å²) in [6.45, 7) is 9.96. The van der Waals surface area contributed by atoms with Gasteiger partial charge in [-0.05, 0) is 106 Å². The van der Waals surface area contributed by atoms with E-state index in [0.717, 1.165) is 50.7 Å². The van der Waals surface area contributed by atoms with Crippen LogP contribution in [-0.4, -0.2) is 15.0 Å². The van der Waals surface area contributed by atoms with Gasteiger partial charge in [0.1, 0.15) is 0 Å². The van der Waals surface area contributed by atoms with Gasteiger partial charge in [-0.2, -0.15) is 0 Å². The average molecular weight is 934 g/mol. The van der Waals surface area contributed by atoms with Gasteiger partial charge >= 0.3 is 0 Å². The first-order chi connectivity index (χ1) is 29.9. The van der Waals surface area contributed by atoms with E-state index in [0.29, 0.717) is 22.6 Å². The van der Waals surface area contributed by atoms with Crippen molar-refractivity contribution in [1.82, 2.24) is 15.0 Å². The van der Waals surface area contributed by atoms with E-state index in [2.05, 4.69) is 85.1 Å². The third-order valence-electron chi connectivity index (χ3n) is 9.57. The van der Waals surface area contributed by atoms with Crippen molar-refractivity contribution in [3.63, 3.8) is 0 Å². The van der Waals surface area contributed by atoms with Crippen molar-refractivity contribution < 1.29 is 35.5 Å². The van der Waals surface area contributed by atoms with Gasteiger partial charge < -0.3 is 14.4 Å². The molecule has 4 aromatic heterocycles. The van der Waals surface area contributed by atoms with Crippen molar-refractivity contribution >= 4 is 22.1 Å². The molecule has 0 saturated carbocycles. The zero-order chi connectivity index (χ0) is 46.4. The van der Waals surface area contributed by atoms with Gasteiger partial charge in [0.25, 0.3) is 0 Å². The first kappa shape index (κ1) is 31.8. The third kappa shape index (κ3) is 10.0. The van der Waals surface area contributed by atoms with Crippen LogP contribution >= 0.6 is 0 Å². The molecule has 291 valence electrons. The van der Waals surface area contributed by atoms with Gasteiger partial charge in [-0.3, -0.25) is 0 Å². The van der Waals surface area contributed by atoms with Crippen LogP contribution < -0.4 is 0 Å². The number of hydrogen-bond acceptors (Lipinski definition) is 4. The molecule has 0 N–H and O–H groups in total. The van der Waals surface area contributed by atoms with Crippen LogP contribution in [0.2, 0.25) is 0 Å². The monoisotopic (exact) mass is 934 g/mol. The van der Waals surface area contributed by atoms with Crippen LogP contribution in [0.3, 0.4) is 0 Å². The summed E-state index contributed by atoms with van der Waals surface area (Å²) in [6, 6.07) is 40.3. The number of hydrogen-bond donors (Lipinski definition) is 0. The summed E-state index contributed by atoms with van der Waals surface area (Å²) >= 11 is 0. The van der Waals surface area contributed by atoms with Gasteiger partial charge in [0.05, 0.1) is 5.58 Å². The number of aromatic nitrogens is 3. The Morgan fingerprint density at radius 3 is 2.19 bits per heavy atom. The SMILES string of the molecule is [2H]C([2H])([2H])c1c[c-]c(-c2cc(-c3ccc(C([2H])([2H])C(C)(C)C)cc3)ccn2)cc1.[2H]C([2H])([2H])c1ccc2c(n1)oc1c(-c3cc(Cc4ccc(C(C)(C)C)cc4)c(C)cn3)[c-]ccc12.[Ir]. The van der Waals surface area contributed by atoms with Crippen molar-refractivity contribution in [2.75, 3.05) is 0 Å². The number of rotatable bonds is 6. The Balaban J connectivity index is 0.000000216. The molecule has 0 aliphatic heterocycles. The van der Waals surface area contributed by atoms with E-state index in [1.165, 1.54) is 28.8 Å². The molecule has 4 nitrogen and oxygen atoms in total. The number of benzene rings is 4. The standard InChI is InChI=1S/C29H27N2O.C23H24N.Ir/c1-18-17-30-26(16-21(18)15-20-10-12-22(13-11-20)29(3,4)5)25-8-6-7-23-24-14-9-19(2)31-28(24)32-27(23)25;1-17-5-9-20(10-6-17)22-15-21(13-14-24-22)19-11-7-18(8-12-19)16-23(2,3)4;/h6-7,9-14,16-17H,15H2,1-5H3;5-9,11-15H,16H2,1-4H3;/q2*-1;/i2D3;1D3,16D2;. The molecule has 0 aliphatic carbocycles. The maximum atomic E-state index is 8.41. The molecule has 5 heteroatoms. The van der Waals surface area contributed by atoms with Crippen LogP contribution in [0, 0.1) is 38.2 Å². The number of aryl methyl sites for hydroxylation is 3. The molecular weight excluding hydrogens is 875 g/mol. The molecular formula is C52H51IrN3O-2. The Bertz CT molecular complexity index is 2930. The first-order valence-electron chi connectivity index (χ1n) is 22.8. The minimum absolute atomic E-state index is 0. The minimum atomic E-state index is -2.29. The van der Waals surface area contributed by atoms with Crippen molar-refractivity contribution in [2.24, 2.45) is 5.41 Å². The van der Waals surface area contributed by atoms with Crippen LogP contribution in [0.4, 0.5) is 0 Å². The quantitative estimate of drug-likeness (QED) is 0.156. The fraction of sp³-hybridized carbons (Fsp3) is 0.250. The molecule has 1 radical (unpaired) electrons. The number of nitrogens with zero attached hydrogens (tertiary/aromatic N) is 3.